The third-order valence-electron chi connectivity index (χ3n) is 3.61. The molecule has 4 N–H and O–H groups in total. The molecular formula is C14H26N6O. The second-order valence-corrected chi connectivity index (χ2v) is 5.30. The zero-order valence-corrected chi connectivity index (χ0v) is 12.8. The fourth-order valence-electron chi connectivity index (χ4n) is 2.52. The first-order chi connectivity index (χ1) is 10.2. The molecule has 1 fully saturated rings. The Morgan fingerprint density at radius 2 is 2.14 bits per heavy atom. The lowest BCUT2D eigenvalue weighted by Gasteiger charge is -2.23. The third kappa shape index (κ3) is 4.71. The van der Waals surface area contributed by atoms with Crippen LogP contribution in [0.4, 0.5) is 17.6 Å². The van der Waals surface area contributed by atoms with E-state index in [0.717, 1.165) is 63.7 Å². The minimum absolute atomic E-state index is 0.214. The Hall–Kier alpha value is -1.60. The highest BCUT2D eigenvalue weighted by Gasteiger charge is 2.16. The molecule has 0 amide bonds. The predicted octanol–water partition coefficient (Wildman–Crippen LogP) is 0.385. The van der Waals surface area contributed by atoms with Crippen molar-refractivity contribution in [2.45, 2.75) is 19.8 Å². The lowest BCUT2D eigenvalue weighted by atomic mass is 10.3. The van der Waals surface area contributed by atoms with Crippen LogP contribution in [-0.4, -0.2) is 65.8 Å². The minimum atomic E-state index is 0.214. The summed E-state index contributed by atoms with van der Waals surface area (Å²) in [6.07, 6.45) is 2.10. The summed E-state index contributed by atoms with van der Waals surface area (Å²) in [5.41, 5.74) is 5.82. The van der Waals surface area contributed by atoms with Crippen LogP contribution in [0.2, 0.25) is 0 Å². The van der Waals surface area contributed by atoms with Crippen LogP contribution in [0.15, 0.2) is 6.07 Å². The van der Waals surface area contributed by atoms with Crippen LogP contribution < -0.4 is 16.0 Å². The summed E-state index contributed by atoms with van der Waals surface area (Å²) in [5, 5.41) is 12.3. The normalized spacial score (nSPS) is 16.8. The van der Waals surface area contributed by atoms with Crippen molar-refractivity contribution in [3.63, 3.8) is 0 Å². The van der Waals surface area contributed by atoms with Crippen LogP contribution in [0.1, 0.15) is 19.8 Å². The smallest absolute Gasteiger partial charge is 0.223 e. The van der Waals surface area contributed by atoms with E-state index in [0.29, 0.717) is 5.95 Å². The molecule has 21 heavy (non-hydrogen) atoms. The highest BCUT2D eigenvalue weighted by Crippen LogP contribution is 2.18. The van der Waals surface area contributed by atoms with E-state index in [9.17, 15) is 0 Å². The van der Waals surface area contributed by atoms with Gasteiger partial charge in [-0.3, -0.25) is 4.90 Å². The van der Waals surface area contributed by atoms with E-state index in [1.165, 1.54) is 0 Å². The van der Waals surface area contributed by atoms with Crippen molar-refractivity contribution < 1.29 is 5.11 Å². The molecule has 0 bridgehead atoms. The summed E-state index contributed by atoms with van der Waals surface area (Å²) in [7, 11) is 0. The van der Waals surface area contributed by atoms with Crippen molar-refractivity contribution in [3.05, 3.63) is 6.07 Å². The molecule has 1 aromatic heterocycles. The molecule has 0 saturated carbocycles. The Bertz CT molecular complexity index is 441. The molecule has 2 heterocycles. The second-order valence-electron chi connectivity index (χ2n) is 5.30. The standard InChI is InChI=1S/C14H26N6O/c1-2-4-16-12-11-13(18-14(15)17-12)20-6-3-5-19(7-8-20)9-10-21/h11,21H,2-10H2,1H3,(H3,15,16,17,18). The highest BCUT2D eigenvalue weighted by molar-refractivity contribution is 5.52. The molecule has 0 aromatic carbocycles. The molecule has 0 atom stereocenters. The van der Waals surface area contributed by atoms with E-state index < -0.39 is 0 Å². The molecule has 1 aliphatic heterocycles. The summed E-state index contributed by atoms with van der Waals surface area (Å²) in [6.45, 7) is 7.73. The first kappa shape index (κ1) is 15.8. The van der Waals surface area contributed by atoms with Crippen molar-refractivity contribution in [1.82, 2.24) is 14.9 Å². The van der Waals surface area contributed by atoms with E-state index in [2.05, 4.69) is 32.0 Å². The van der Waals surface area contributed by atoms with Gasteiger partial charge in [-0.25, -0.2) is 0 Å². The average Bonchev–Trinajstić information content (AvgIpc) is 2.71. The van der Waals surface area contributed by atoms with Gasteiger partial charge in [-0.2, -0.15) is 9.97 Å². The fourth-order valence-corrected chi connectivity index (χ4v) is 2.52. The number of hydrogen-bond donors (Lipinski definition) is 3. The molecule has 7 nitrogen and oxygen atoms in total. The topological polar surface area (TPSA) is 90.5 Å². The summed E-state index contributed by atoms with van der Waals surface area (Å²) in [4.78, 5) is 13.1. The van der Waals surface area contributed by atoms with Crippen LogP contribution in [0.5, 0.6) is 0 Å². The number of hydrogen-bond acceptors (Lipinski definition) is 7. The summed E-state index contributed by atoms with van der Waals surface area (Å²) < 4.78 is 0. The molecule has 1 saturated heterocycles. The van der Waals surface area contributed by atoms with Gasteiger partial charge >= 0.3 is 0 Å². The Labute approximate surface area is 126 Å². The fraction of sp³-hybridized carbons (Fsp3) is 0.714. The number of nitrogens with zero attached hydrogens (tertiary/aromatic N) is 4. The van der Waals surface area contributed by atoms with Crippen molar-refractivity contribution >= 4 is 17.6 Å². The van der Waals surface area contributed by atoms with Gasteiger partial charge in [0.25, 0.3) is 0 Å². The molecule has 0 unspecified atom stereocenters. The number of anilines is 3. The SMILES string of the molecule is CCCNc1cc(N2CCCN(CCO)CC2)nc(N)n1. The molecule has 7 heteroatoms. The lowest BCUT2D eigenvalue weighted by molar-refractivity contribution is 0.204. The van der Waals surface area contributed by atoms with E-state index in [1.54, 1.807) is 0 Å². The van der Waals surface area contributed by atoms with E-state index in [-0.39, 0.29) is 6.61 Å². The van der Waals surface area contributed by atoms with Gasteiger partial charge in [0.2, 0.25) is 5.95 Å². The largest absolute Gasteiger partial charge is 0.395 e. The van der Waals surface area contributed by atoms with Gasteiger partial charge in [0.05, 0.1) is 6.61 Å². The quantitative estimate of drug-likeness (QED) is 0.699. The van der Waals surface area contributed by atoms with Gasteiger partial charge in [-0.05, 0) is 19.4 Å². The second kappa shape index (κ2) is 7.99. The van der Waals surface area contributed by atoms with Crippen molar-refractivity contribution in [2.24, 2.45) is 0 Å². The minimum Gasteiger partial charge on any atom is -0.395 e. The predicted molar refractivity (Wildman–Crippen MR) is 85.6 cm³/mol. The maximum absolute atomic E-state index is 9.05. The van der Waals surface area contributed by atoms with Crippen LogP contribution in [0.3, 0.4) is 0 Å². The summed E-state index contributed by atoms with van der Waals surface area (Å²) in [6, 6.07) is 1.97. The average molecular weight is 294 g/mol. The maximum Gasteiger partial charge on any atom is 0.223 e. The number of aromatic nitrogens is 2. The van der Waals surface area contributed by atoms with Gasteiger partial charge in [0, 0.05) is 38.8 Å². The molecule has 2 rings (SSSR count). The lowest BCUT2D eigenvalue weighted by Crippen LogP contribution is -2.32. The summed E-state index contributed by atoms with van der Waals surface area (Å²) in [5.74, 6) is 1.98. The molecule has 1 aromatic rings. The molecular weight excluding hydrogens is 268 g/mol. The Balaban J connectivity index is 2.04. The number of aliphatic hydroxyl groups excluding tert-OH is 1. The first-order valence-electron chi connectivity index (χ1n) is 7.69. The van der Waals surface area contributed by atoms with E-state index >= 15 is 0 Å². The number of rotatable bonds is 6. The van der Waals surface area contributed by atoms with E-state index in [1.807, 2.05) is 6.07 Å². The zero-order chi connectivity index (χ0) is 15.1. The van der Waals surface area contributed by atoms with Crippen molar-refractivity contribution in [2.75, 3.05) is 61.8 Å². The van der Waals surface area contributed by atoms with Crippen LogP contribution in [0, 0.1) is 0 Å². The van der Waals surface area contributed by atoms with Crippen molar-refractivity contribution in [3.8, 4) is 0 Å². The third-order valence-corrected chi connectivity index (χ3v) is 3.61. The molecule has 0 spiro atoms. The Morgan fingerprint density at radius 1 is 1.29 bits per heavy atom. The summed E-state index contributed by atoms with van der Waals surface area (Å²) >= 11 is 0. The van der Waals surface area contributed by atoms with Crippen LogP contribution >= 0.6 is 0 Å². The van der Waals surface area contributed by atoms with Gasteiger partial charge in [0.15, 0.2) is 0 Å². The van der Waals surface area contributed by atoms with Crippen molar-refractivity contribution in [1.29, 1.82) is 0 Å². The Kier molecular flexibility index (Phi) is 6.01. The molecule has 118 valence electrons. The number of nitrogen functional groups attached to an aromatic ring is 1. The van der Waals surface area contributed by atoms with E-state index in [4.69, 9.17) is 10.8 Å². The molecule has 0 radical (unpaired) electrons. The molecule has 0 aliphatic carbocycles. The first-order valence-corrected chi connectivity index (χ1v) is 7.69. The number of nitrogens with two attached hydrogens (primary N) is 1. The molecule has 1 aliphatic rings. The highest BCUT2D eigenvalue weighted by atomic mass is 16.3. The van der Waals surface area contributed by atoms with Gasteiger partial charge in [-0.1, -0.05) is 6.92 Å². The van der Waals surface area contributed by atoms with Crippen LogP contribution in [0.25, 0.3) is 0 Å². The number of nitrogens with one attached hydrogen (secondary N) is 1. The number of aliphatic hydroxyl groups is 1. The monoisotopic (exact) mass is 294 g/mol. The maximum atomic E-state index is 9.05. The van der Waals surface area contributed by atoms with Crippen LogP contribution in [-0.2, 0) is 0 Å². The Morgan fingerprint density at radius 3 is 2.90 bits per heavy atom. The zero-order valence-electron chi connectivity index (χ0n) is 12.8. The van der Waals surface area contributed by atoms with Gasteiger partial charge in [-0.15, -0.1) is 0 Å². The van der Waals surface area contributed by atoms with Gasteiger partial charge < -0.3 is 21.1 Å². The number of β-amino-alcohol motifs (C(OH)–C–C–N with tert-alkyl or cyclic N) is 1. The van der Waals surface area contributed by atoms with Gasteiger partial charge in [0.1, 0.15) is 11.6 Å².